The van der Waals surface area contributed by atoms with E-state index in [1.807, 2.05) is 24.3 Å². The average Bonchev–Trinajstić information content (AvgIpc) is 3.24. The van der Waals surface area contributed by atoms with Gasteiger partial charge in [0.25, 0.3) is 0 Å². The van der Waals surface area contributed by atoms with Gasteiger partial charge in [-0.25, -0.2) is 4.68 Å². The van der Waals surface area contributed by atoms with Crippen LogP contribution < -0.4 is 10.1 Å². The predicted octanol–water partition coefficient (Wildman–Crippen LogP) is 2.21. The van der Waals surface area contributed by atoms with Gasteiger partial charge in [0.2, 0.25) is 0 Å². The fraction of sp³-hybridized carbons (Fsp3) is 0.188. The molecule has 22 heavy (non-hydrogen) atoms. The molecule has 0 unspecified atom stereocenters. The Hall–Kier alpha value is -2.89. The van der Waals surface area contributed by atoms with Gasteiger partial charge in [0, 0.05) is 18.7 Å². The quantitative estimate of drug-likeness (QED) is 0.799. The third-order valence-corrected chi connectivity index (χ3v) is 3.71. The minimum Gasteiger partial charge on any atom is -0.493 e. The molecule has 0 saturated carbocycles. The normalized spacial score (nSPS) is 12.7. The fourth-order valence-corrected chi connectivity index (χ4v) is 2.59. The summed E-state index contributed by atoms with van der Waals surface area (Å²) in [4.78, 5) is 0. The van der Waals surface area contributed by atoms with Crippen LogP contribution in [0, 0.1) is 0 Å². The van der Waals surface area contributed by atoms with Crippen molar-refractivity contribution in [3.05, 3.63) is 59.9 Å². The maximum atomic E-state index is 5.53. The molecule has 0 saturated heterocycles. The highest BCUT2D eigenvalue weighted by Crippen LogP contribution is 2.26. The molecule has 6 nitrogen and oxygen atoms in total. The molecule has 1 N–H and O–H groups in total. The van der Waals surface area contributed by atoms with Gasteiger partial charge in [0.1, 0.15) is 12.1 Å². The highest BCUT2D eigenvalue weighted by atomic mass is 16.5. The first kappa shape index (κ1) is 12.8. The Bertz CT molecular complexity index is 785. The van der Waals surface area contributed by atoms with Gasteiger partial charge in [-0.3, -0.25) is 0 Å². The summed E-state index contributed by atoms with van der Waals surface area (Å²) in [5.74, 6) is 1.02. The van der Waals surface area contributed by atoms with Crippen LogP contribution in [0.2, 0.25) is 0 Å². The highest BCUT2D eigenvalue weighted by molar-refractivity contribution is 5.51. The van der Waals surface area contributed by atoms with Crippen molar-refractivity contribution in [1.82, 2.24) is 20.2 Å². The summed E-state index contributed by atoms with van der Waals surface area (Å²) in [5.41, 5.74) is 4.50. The van der Waals surface area contributed by atoms with Crippen LogP contribution in [-0.2, 0) is 13.0 Å². The number of aromatic nitrogens is 4. The third-order valence-electron chi connectivity index (χ3n) is 3.71. The molecule has 2 aromatic carbocycles. The van der Waals surface area contributed by atoms with Crippen LogP contribution >= 0.6 is 0 Å². The smallest absolute Gasteiger partial charge is 0.143 e. The van der Waals surface area contributed by atoms with Gasteiger partial charge in [-0.05, 0) is 45.8 Å². The molecule has 1 aliphatic rings. The lowest BCUT2D eigenvalue weighted by Crippen LogP contribution is -2.01. The lowest BCUT2D eigenvalue weighted by atomic mass is 10.1. The fourth-order valence-electron chi connectivity index (χ4n) is 2.59. The minimum absolute atomic E-state index is 0.770. The van der Waals surface area contributed by atoms with E-state index in [0.29, 0.717) is 0 Å². The Kier molecular flexibility index (Phi) is 3.19. The standard InChI is InChI=1S/C16H15N5O/c1-2-14(9-15(3-1)21-11-18-19-20-21)17-10-12-4-5-16-13(8-12)6-7-22-16/h1-5,8-9,11,17H,6-7,10H2. The van der Waals surface area contributed by atoms with Gasteiger partial charge in [-0.2, -0.15) is 0 Å². The van der Waals surface area contributed by atoms with Crippen LogP contribution in [0.3, 0.4) is 0 Å². The Labute approximate surface area is 127 Å². The summed E-state index contributed by atoms with van der Waals surface area (Å²) >= 11 is 0. The van der Waals surface area contributed by atoms with Gasteiger partial charge in [-0.1, -0.05) is 18.2 Å². The molecule has 0 radical (unpaired) electrons. The topological polar surface area (TPSA) is 64.9 Å². The molecule has 3 aromatic rings. The van der Waals surface area contributed by atoms with Crippen molar-refractivity contribution in [2.24, 2.45) is 0 Å². The van der Waals surface area contributed by atoms with E-state index in [0.717, 1.165) is 36.7 Å². The monoisotopic (exact) mass is 293 g/mol. The molecule has 4 rings (SSSR count). The Morgan fingerprint density at radius 2 is 2.18 bits per heavy atom. The second-order valence-corrected chi connectivity index (χ2v) is 5.20. The van der Waals surface area contributed by atoms with Crippen LogP contribution in [0.5, 0.6) is 5.75 Å². The zero-order valence-electron chi connectivity index (χ0n) is 11.9. The van der Waals surface area contributed by atoms with E-state index in [1.54, 1.807) is 11.0 Å². The van der Waals surface area contributed by atoms with Gasteiger partial charge < -0.3 is 10.1 Å². The van der Waals surface area contributed by atoms with Crippen LogP contribution in [0.25, 0.3) is 5.69 Å². The van der Waals surface area contributed by atoms with Crippen LogP contribution in [0.15, 0.2) is 48.8 Å². The molecule has 1 aliphatic heterocycles. The first-order valence-electron chi connectivity index (χ1n) is 7.20. The largest absolute Gasteiger partial charge is 0.493 e. The van der Waals surface area contributed by atoms with Gasteiger partial charge in [0.15, 0.2) is 0 Å². The van der Waals surface area contributed by atoms with Crippen LogP contribution in [0.1, 0.15) is 11.1 Å². The van der Waals surface area contributed by atoms with Gasteiger partial charge in [-0.15, -0.1) is 5.10 Å². The number of fused-ring (bicyclic) bond motifs is 1. The number of nitrogens with one attached hydrogen (secondary N) is 1. The van der Waals surface area contributed by atoms with E-state index in [4.69, 9.17) is 4.74 Å². The van der Waals surface area contributed by atoms with E-state index in [-0.39, 0.29) is 0 Å². The zero-order valence-corrected chi connectivity index (χ0v) is 11.9. The second kappa shape index (κ2) is 5.48. The molecule has 0 atom stereocenters. The number of hydrogen-bond donors (Lipinski definition) is 1. The number of ether oxygens (including phenoxy) is 1. The van der Waals surface area contributed by atoms with Crippen molar-refractivity contribution in [1.29, 1.82) is 0 Å². The molecule has 110 valence electrons. The van der Waals surface area contributed by atoms with Crippen molar-refractivity contribution in [3.8, 4) is 11.4 Å². The summed E-state index contributed by atoms with van der Waals surface area (Å²) in [5, 5.41) is 14.6. The minimum atomic E-state index is 0.770. The summed E-state index contributed by atoms with van der Waals surface area (Å²) in [6, 6.07) is 14.4. The number of benzene rings is 2. The number of nitrogens with zero attached hydrogens (tertiary/aromatic N) is 4. The molecular formula is C16H15N5O. The molecule has 0 bridgehead atoms. The van der Waals surface area contributed by atoms with Crippen molar-refractivity contribution < 1.29 is 4.74 Å². The first-order chi connectivity index (χ1) is 10.9. The molecule has 0 fully saturated rings. The number of rotatable bonds is 4. The summed E-state index contributed by atoms with van der Waals surface area (Å²) < 4.78 is 7.17. The van der Waals surface area contributed by atoms with E-state index in [2.05, 4.69) is 39.0 Å². The average molecular weight is 293 g/mol. The van der Waals surface area contributed by atoms with E-state index in [1.165, 1.54) is 11.1 Å². The Morgan fingerprint density at radius 1 is 1.18 bits per heavy atom. The van der Waals surface area contributed by atoms with Crippen molar-refractivity contribution >= 4 is 5.69 Å². The summed E-state index contributed by atoms with van der Waals surface area (Å²) in [7, 11) is 0. The van der Waals surface area contributed by atoms with Crippen molar-refractivity contribution in [3.63, 3.8) is 0 Å². The maximum absolute atomic E-state index is 5.53. The van der Waals surface area contributed by atoms with Gasteiger partial charge in [0.05, 0.1) is 12.3 Å². The molecule has 6 heteroatoms. The van der Waals surface area contributed by atoms with Crippen LogP contribution in [0.4, 0.5) is 5.69 Å². The molecule has 1 aromatic heterocycles. The Morgan fingerprint density at radius 3 is 3.09 bits per heavy atom. The zero-order chi connectivity index (χ0) is 14.8. The maximum Gasteiger partial charge on any atom is 0.143 e. The predicted molar refractivity (Wildman–Crippen MR) is 82.1 cm³/mol. The van der Waals surface area contributed by atoms with Crippen LogP contribution in [-0.4, -0.2) is 26.8 Å². The molecule has 0 aliphatic carbocycles. The highest BCUT2D eigenvalue weighted by Gasteiger charge is 2.11. The Balaban J connectivity index is 1.49. The first-order valence-corrected chi connectivity index (χ1v) is 7.20. The second-order valence-electron chi connectivity index (χ2n) is 5.20. The molecule has 2 heterocycles. The van der Waals surface area contributed by atoms with Crippen molar-refractivity contribution in [2.45, 2.75) is 13.0 Å². The summed E-state index contributed by atoms with van der Waals surface area (Å²) in [6.45, 7) is 1.56. The van der Waals surface area contributed by atoms with E-state index in [9.17, 15) is 0 Å². The molecule has 0 amide bonds. The molecular weight excluding hydrogens is 278 g/mol. The lowest BCUT2D eigenvalue weighted by molar-refractivity contribution is 0.357. The number of hydrogen-bond acceptors (Lipinski definition) is 5. The van der Waals surface area contributed by atoms with E-state index < -0.39 is 0 Å². The lowest BCUT2D eigenvalue weighted by Gasteiger charge is -2.09. The SMILES string of the molecule is c1cc(NCc2ccc3c(c2)CCO3)cc(-n2cnnn2)c1. The van der Waals surface area contributed by atoms with Gasteiger partial charge >= 0.3 is 0 Å². The van der Waals surface area contributed by atoms with Crippen molar-refractivity contribution in [2.75, 3.05) is 11.9 Å². The molecule has 0 spiro atoms. The summed E-state index contributed by atoms with van der Waals surface area (Å²) in [6.07, 6.45) is 2.58. The van der Waals surface area contributed by atoms with E-state index >= 15 is 0 Å². The third kappa shape index (κ3) is 2.50. The number of tetrazole rings is 1. The number of anilines is 1.